The Balaban J connectivity index is 4.03. The van der Waals surface area contributed by atoms with E-state index >= 15 is 0 Å². The lowest BCUT2D eigenvalue weighted by Crippen LogP contribution is -2.44. The Morgan fingerprint density at radius 3 is 2.18 bits per heavy atom. The van der Waals surface area contributed by atoms with E-state index in [1.165, 1.54) is 5.01 Å². The Labute approximate surface area is 68.5 Å². The zero-order valence-corrected chi connectivity index (χ0v) is 7.85. The highest BCUT2D eigenvalue weighted by Gasteiger charge is 2.24. The van der Waals surface area contributed by atoms with Crippen LogP contribution in [-0.2, 0) is 4.79 Å². The molecule has 2 N–H and O–H groups in total. The maximum absolute atomic E-state index is 11.4. The molecule has 11 heavy (non-hydrogen) atoms. The van der Waals surface area contributed by atoms with Gasteiger partial charge in [0.15, 0.2) is 0 Å². The highest BCUT2D eigenvalue weighted by molar-refractivity contribution is 5.80. The number of nitrogens with zero attached hydrogens (tertiary/aromatic N) is 1. The first-order chi connectivity index (χ1) is 4.89. The van der Waals surface area contributed by atoms with Gasteiger partial charge in [-0.2, -0.15) is 0 Å². The van der Waals surface area contributed by atoms with E-state index in [4.69, 9.17) is 5.84 Å². The quantitative estimate of drug-likeness (QED) is 0.372. The van der Waals surface area contributed by atoms with E-state index in [9.17, 15) is 4.79 Å². The molecule has 0 heterocycles. The van der Waals surface area contributed by atoms with E-state index in [2.05, 4.69) is 0 Å². The number of carbonyl (C=O) groups excluding carboxylic acids is 1. The Morgan fingerprint density at radius 2 is 1.91 bits per heavy atom. The monoisotopic (exact) mass is 158 g/mol. The average molecular weight is 158 g/mol. The summed E-state index contributed by atoms with van der Waals surface area (Å²) in [4.78, 5) is 11.4. The van der Waals surface area contributed by atoms with Crippen molar-refractivity contribution in [2.75, 3.05) is 6.54 Å². The molecule has 0 bridgehead atoms. The summed E-state index contributed by atoms with van der Waals surface area (Å²) in [5.74, 6) is 5.50. The molecule has 3 nitrogen and oxygen atoms in total. The summed E-state index contributed by atoms with van der Waals surface area (Å²) in [5.41, 5.74) is -0.357. The SMILES string of the molecule is CCCN(N)C(=O)C(C)(C)C. The average Bonchev–Trinajstić information content (AvgIpc) is 1.85. The van der Waals surface area contributed by atoms with E-state index in [0.717, 1.165) is 6.42 Å². The molecule has 0 saturated heterocycles. The minimum Gasteiger partial charge on any atom is -0.280 e. The van der Waals surface area contributed by atoms with Gasteiger partial charge < -0.3 is 0 Å². The molecule has 66 valence electrons. The van der Waals surface area contributed by atoms with E-state index < -0.39 is 0 Å². The van der Waals surface area contributed by atoms with Crippen molar-refractivity contribution in [2.24, 2.45) is 11.3 Å². The van der Waals surface area contributed by atoms with Crippen LogP contribution in [-0.4, -0.2) is 17.5 Å². The van der Waals surface area contributed by atoms with Crippen LogP contribution in [0.2, 0.25) is 0 Å². The minimum atomic E-state index is -0.357. The molecule has 0 aliphatic rings. The molecule has 3 heteroatoms. The summed E-state index contributed by atoms with van der Waals surface area (Å²) in [7, 11) is 0. The highest BCUT2D eigenvalue weighted by atomic mass is 16.2. The molecule has 0 spiro atoms. The Bertz CT molecular complexity index is 138. The number of hydrazine groups is 1. The van der Waals surface area contributed by atoms with Gasteiger partial charge in [-0.25, -0.2) is 5.84 Å². The van der Waals surface area contributed by atoms with Crippen LogP contribution in [0.25, 0.3) is 0 Å². The summed E-state index contributed by atoms with van der Waals surface area (Å²) < 4.78 is 0. The second-order valence-electron chi connectivity index (χ2n) is 3.75. The first kappa shape index (κ1) is 10.4. The molecule has 0 rings (SSSR count). The van der Waals surface area contributed by atoms with Crippen molar-refractivity contribution >= 4 is 5.91 Å². The third kappa shape index (κ3) is 3.37. The first-order valence-corrected chi connectivity index (χ1v) is 3.96. The van der Waals surface area contributed by atoms with Crippen LogP contribution >= 0.6 is 0 Å². The predicted octanol–water partition coefficient (Wildman–Crippen LogP) is 1.14. The number of rotatable bonds is 2. The zero-order chi connectivity index (χ0) is 9.07. The van der Waals surface area contributed by atoms with Crippen molar-refractivity contribution in [1.29, 1.82) is 0 Å². The summed E-state index contributed by atoms with van der Waals surface area (Å²) >= 11 is 0. The van der Waals surface area contributed by atoms with Crippen LogP contribution in [0.15, 0.2) is 0 Å². The molecule has 0 aromatic rings. The molecule has 0 aromatic carbocycles. The molecular formula is C8H18N2O. The van der Waals surface area contributed by atoms with Gasteiger partial charge in [-0.3, -0.25) is 9.80 Å². The lowest BCUT2D eigenvalue weighted by Gasteiger charge is -2.24. The number of nitrogens with two attached hydrogens (primary N) is 1. The van der Waals surface area contributed by atoms with E-state index in [0.29, 0.717) is 6.54 Å². The van der Waals surface area contributed by atoms with E-state index in [1.807, 2.05) is 27.7 Å². The smallest absolute Gasteiger partial charge is 0.241 e. The molecule has 1 amide bonds. The zero-order valence-electron chi connectivity index (χ0n) is 7.85. The fraction of sp³-hybridized carbons (Fsp3) is 0.875. The molecule has 0 fully saturated rings. The first-order valence-electron chi connectivity index (χ1n) is 3.96. The Kier molecular flexibility index (Phi) is 3.52. The van der Waals surface area contributed by atoms with Gasteiger partial charge in [-0.1, -0.05) is 27.7 Å². The summed E-state index contributed by atoms with van der Waals surface area (Å²) in [6.07, 6.45) is 0.901. The molecule has 0 aromatic heterocycles. The molecule has 0 aliphatic heterocycles. The summed E-state index contributed by atoms with van der Waals surface area (Å²) in [6.45, 7) is 8.23. The van der Waals surface area contributed by atoms with Crippen LogP contribution in [0.4, 0.5) is 0 Å². The maximum atomic E-state index is 11.4. The molecule has 0 radical (unpaired) electrons. The fourth-order valence-electron chi connectivity index (χ4n) is 0.773. The molecular weight excluding hydrogens is 140 g/mol. The largest absolute Gasteiger partial charge is 0.280 e. The van der Waals surface area contributed by atoms with E-state index in [1.54, 1.807) is 0 Å². The third-order valence-electron chi connectivity index (χ3n) is 1.37. The van der Waals surface area contributed by atoms with Crippen LogP contribution in [0.5, 0.6) is 0 Å². The summed E-state index contributed by atoms with van der Waals surface area (Å²) in [5, 5.41) is 1.29. The molecule has 0 aliphatic carbocycles. The molecule has 0 saturated carbocycles. The van der Waals surface area contributed by atoms with Gasteiger partial charge in [-0.15, -0.1) is 0 Å². The number of amides is 1. The van der Waals surface area contributed by atoms with Gasteiger partial charge in [0.25, 0.3) is 0 Å². The molecule has 0 unspecified atom stereocenters. The van der Waals surface area contributed by atoms with Crippen molar-refractivity contribution in [3.8, 4) is 0 Å². The molecule has 0 atom stereocenters. The Hall–Kier alpha value is -0.570. The van der Waals surface area contributed by atoms with Crippen molar-refractivity contribution in [2.45, 2.75) is 34.1 Å². The minimum absolute atomic E-state index is 0.000602. The van der Waals surface area contributed by atoms with Gasteiger partial charge in [0.05, 0.1) is 0 Å². The number of carbonyl (C=O) groups is 1. The van der Waals surface area contributed by atoms with Crippen molar-refractivity contribution in [1.82, 2.24) is 5.01 Å². The van der Waals surface area contributed by atoms with Crippen molar-refractivity contribution in [3.63, 3.8) is 0 Å². The standard InChI is InChI=1S/C8H18N2O/c1-5-6-10(9)7(11)8(2,3)4/h5-6,9H2,1-4H3. The maximum Gasteiger partial charge on any atom is 0.241 e. The van der Waals surface area contributed by atoms with Crippen LogP contribution in [0, 0.1) is 5.41 Å². The van der Waals surface area contributed by atoms with Gasteiger partial charge in [0.2, 0.25) is 5.91 Å². The fourth-order valence-corrected chi connectivity index (χ4v) is 0.773. The second kappa shape index (κ2) is 3.72. The number of hydrogen-bond donors (Lipinski definition) is 1. The lowest BCUT2D eigenvalue weighted by atomic mass is 9.95. The normalized spacial score (nSPS) is 11.4. The number of hydrogen-bond acceptors (Lipinski definition) is 2. The van der Waals surface area contributed by atoms with Gasteiger partial charge in [0, 0.05) is 12.0 Å². The van der Waals surface area contributed by atoms with E-state index in [-0.39, 0.29) is 11.3 Å². The van der Waals surface area contributed by atoms with Gasteiger partial charge in [0.1, 0.15) is 0 Å². The highest BCUT2D eigenvalue weighted by Crippen LogP contribution is 2.15. The van der Waals surface area contributed by atoms with Gasteiger partial charge >= 0.3 is 0 Å². The van der Waals surface area contributed by atoms with Crippen LogP contribution in [0.1, 0.15) is 34.1 Å². The lowest BCUT2D eigenvalue weighted by molar-refractivity contribution is -0.139. The van der Waals surface area contributed by atoms with Crippen LogP contribution in [0.3, 0.4) is 0 Å². The Morgan fingerprint density at radius 1 is 1.45 bits per heavy atom. The van der Waals surface area contributed by atoms with Gasteiger partial charge in [-0.05, 0) is 6.42 Å². The third-order valence-corrected chi connectivity index (χ3v) is 1.37. The van der Waals surface area contributed by atoms with Crippen molar-refractivity contribution in [3.05, 3.63) is 0 Å². The second-order valence-corrected chi connectivity index (χ2v) is 3.75. The topological polar surface area (TPSA) is 46.3 Å². The summed E-state index contributed by atoms with van der Waals surface area (Å²) in [6, 6.07) is 0. The van der Waals surface area contributed by atoms with Crippen LogP contribution < -0.4 is 5.84 Å². The predicted molar refractivity (Wildman–Crippen MR) is 45.6 cm³/mol. The van der Waals surface area contributed by atoms with Crippen molar-refractivity contribution < 1.29 is 4.79 Å².